The maximum absolute atomic E-state index is 12.4. The molecule has 5 heteroatoms. The maximum Gasteiger partial charge on any atom is 0.338 e. The summed E-state index contributed by atoms with van der Waals surface area (Å²) in [5.41, 5.74) is 0.491. The van der Waals surface area contributed by atoms with E-state index in [1.54, 1.807) is 30.3 Å². The zero-order chi connectivity index (χ0) is 19.2. The summed E-state index contributed by atoms with van der Waals surface area (Å²) in [7, 11) is 0. The Balaban J connectivity index is 1.67. The zero-order valence-corrected chi connectivity index (χ0v) is 15.6. The molecule has 5 nitrogen and oxygen atoms in total. The van der Waals surface area contributed by atoms with Crippen molar-refractivity contribution in [2.45, 2.75) is 57.7 Å². The van der Waals surface area contributed by atoms with Gasteiger partial charge < -0.3 is 9.47 Å². The molecule has 0 spiro atoms. The Morgan fingerprint density at radius 1 is 1.22 bits per heavy atom. The number of carbonyl (C=O) groups is 3. The van der Waals surface area contributed by atoms with Crippen LogP contribution in [0.1, 0.15) is 55.8 Å². The molecule has 0 radical (unpaired) electrons. The van der Waals surface area contributed by atoms with Crippen molar-refractivity contribution < 1.29 is 23.9 Å². The van der Waals surface area contributed by atoms with E-state index in [9.17, 15) is 14.4 Å². The van der Waals surface area contributed by atoms with Crippen molar-refractivity contribution in [1.82, 2.24) is 0 Å². The molecule has 0 aromatic heterocycles. The molecule has 1 saturated heterocycles. The van der Waals surface area contributed by atoms with Crippen LogP contribution in [0.25, 0.3) is 0 Å². The number of carbonyl (C=O) groups excluding carboxylic acids is 3. The largest absolute Gasteiger partial charge is 0.462 e. The van der Waals surface area contributed by atoms with Crippen LogP contribution in [0.15, 0.2) is 42.5 Å². The van der Waals surface area contributed by atoms with Crippen LogP contribution in [-0.2, 0) is 19.1 Å². The topological polar surface area (TPSA) is 69.7 Å². The van der Waals surface area contributed by atoms with Gasteiger partial charge in [-0.3, -0.25) is 9.59 Å². The predicted molar refractivity (Wildman–Crippen MR) is 100 cm³/mol. The molecule has 3 rings (SSSR count). The van der Waals surface area contributed by atoms with Crippen LogP contribution in [0.5, 0.6) is 0 Å². The second-order valence-electron chi connectivity index (χ2n) is 7.30. The molecule has 4 atom stereocenters. The van der Waals surface area contributed by atoms with Crippen molar-refractivity contribution in [3.8, 4) is 0 Å². The van der Waals surface area contributed by atoms with Gasteiger partial charge in [0.1, 0.15) is 12.2 Å². The fourth-order valence-electron chi connectivity index (χ4n) is 3.92. The number of ether oxygens (including phenoxy) is 2. The van der Waals surface area contributed by atoms with Crippen molar-refractivity contribution in [3.63, 3.8) is 0 Å². The molecule has 1 aromatic rings. The molecular formula is C22H26O5. The molecular weight excluding hydrogens is 344 g/mol. The lowest BCUT2D eigenvalue weighted by atomic mass is 9.91. The molecule has 1 saturated carbocycles. The number of hydrogen-bond donors (Lipinski definition) is 0. The summed E-state index contributed by atoms with van der Waals surface area (Å²) in [6.07, 6.45) is 7.08. The lowest BCUT2D eigenvalue weighted by molar-refractivity contribution is -0.141. The first-order chi connectivity index (χ1) is 13.1. The summed E-state index contributed by atoms with van der Waals surface area (Å²) in [6, 6.07) is 8.83. The fourth-order valence-corrected chi connectivity index (χ4v) is 3.92. The van der Waals surface area contributed by atoms with E-state index in [1.165, 1.54) is 0 Å². The summed E-state index contributed by atoms with van der Waals surface area (Å²) >= 11 is 0. The quantitative estimate of drug-likeness (QED) is 0.395. The van der Waals surface area contributed by atoms with Gasteiger partial charge in [0.2, 0.25) is 0 Å². The summed E-state index contributed by atoms with van der Waals surface area (Å²) in [5, 5.41) is 0. The van der Waals surface area contributed by atoms with Crippen LogP contribution in [0.3, 0.4) is 0 Å². The molecule has 1 aromatic carbocycles. The van der Waals surface area contributed by atoms with Crippen molar-refractivity contribution in [1.29, 1.82) is 0 Å². The minimum atomic E-state index is -0.389. The SMILES string of the molecule is CCCCCC(=O)/C=C/[C@@H]1[C@H]2CC(=O)O[C@H]2C[C@H]1OC(=O)c1ccccc1. The van der Waals surface area contributed by atoms with Crippen molar-refractivity contribution in [3.05, 3.63) is 48.0 Å². The number of rotatable bonds is 8. The van der Waals surface area contributed by atoms with E-state index in [-0.39, 0.29) is 41.8 Å². The molecule has 27 heavy (non-hydrogen) atoms. The van der Waals surface area contributed by atoms with E-state index >= 15 is 0 Å². The Morgan fingerprint density at radius 3 is 2.74 bits per heavy atom. The van der Waals surface area contributed by atoms with Gasteiger partial charge in [0.15, 0.2) is 5.78 Å². The Labute approximate surface area is 159 Å². The number of benzene rings is 1. The van der Waals surface area contributed by atoms with Gasteiger partial charge >= 0.3 is 11.9 Å². The first-order valence-corrected chi connectivity index (χ1v) is 9.75. The summed E-state index contributed by atoms with van der Waals surface area (Å²) in [4.78, 5) is 36.2. The van der Waals surface area contributed by atoms with Crippen LogP contribution < -0.4 is 0 Å². The molecule has 0 amide bonds. The maximum atomic E-state index is 12.4. The monoisotopic (exact) mass is 370 g/mol. The van der Waals surface area contributed by atoms with E-state index in [1.807, 2.05) is 12.1 Å². The normalized spacial score (nSPS) is 26.8. The molecule has 1 heterocycles. The van der Waals surface area contributed by atoms with E-state index in [2.05, 4.69) is 6.92 Å². The zero-order valence-electron chi connectivity index (χ0n) is 15.6. The molecule has 0 unspecified atom stereocenters. The van der Waals surface area contributed by atoms with Gasteiger partial charge in [-0.25, -0.2) is 4.79 Å². The molecule has 0 N–H and O–H groups in total. The van der Waals surface area contributed by atoms with Gasteiger partial charge in [0, 0.05) is 24.7 Å². The number of ketones is 1. The Morgan fingerprint density at radius 2 is 2.00 bits per heavy atom. The summed E-state index contributed by atoms with van der Waals surface area (Å²) in [5.74, 6) is -0.745. The van der Waals surface area contributed by atoms with E-state index in [0.717, 1.165) is 19.3 Å². The third-order valence-electron chi connectivity index (χ3n) is 5.35. The highest BCUT2D eigenvalue weighted by Gasteiger charge is 2.50. The number of fused-ring (bicyclic) bond motifs is 1. The Bertz CT molecular complexity index is 709. The second kappa shape index (κ2) is 8.98. The van der Waals surface area contributed by atoms with Crippen LogP contribution in [0, 0.1) is 11.8 Å². The lowest BCUT2D eigenvalue weighted by Crippen LogP contribution is -2.24. The highest BCUT2D eigenvalue weighted by molar-refractivity contribution is 5.90. The molecule has 2 aliphatic rings. The highest BCUT2D eigenvalue weighted by atomic mass is 16.6. The molecule has 1 aliphatic heterocycles. The van der Waals surface area contributed by atoms with Gasteiger partial charge in [-0.2, -0.15) is 0 Å². The van der Waals surface area contributed by atoms with Crippen molar-refractivity contribution in [2.75, 3.05) is 0 Å². The average molecular weight is 370 g/mol. The van der Waals surface area contributed by atoms with Crippen LogP contribution in [0.2, 0.25) is 0 Å². The first-order valence-electron chi connectivity index (χ1n) is 9.75. The smallest absolute Gasteiger partial charge is 0.338 e. The van der Waals surface area contributed by atoms with Crippen LogP contribution in [0.4, 0.5) is 0 Å². The molecule has 144 valence electrons. The lowest BCUT2D eigenvalue weighted by Gasteiger charge is -2.20. The number of esters is 2. The highest BCUT2D eigenvalue weighted by Crippen LogP contribution is 2.43. The number of unbranched alkanes of at least 4 members (excludes halogenated alkanes) is 2. The van der Waals surface area contributed by atoms with E-state index < -0.39 is 0 Å². The van der Waals surface area contributed by atoms with E-state index in [4.69, 9.17) is 9.47 Å². The summed E-state index contributed by atoms with van der Waals surface area (Å²) < 4.78 is 11.1. The minimum Gasteiger partial charge on any atom is -0.462 e. The Kier molecular flexibility index (Phi) is 6.43. The standard InChI is InChI=1S/C22H26O5/c1-2-3-5-10-16(23)11-12-17-18-13-21(24)26-20(18)14-19(17)27-22(25)15-8-6-4-7-9-15/h4,6-9,11-12,17-20H,2-3,5,10,13-14H2,1H3/b12-11+/t17-,18-,19-,20+/m1/s1. The Hall–Kier alpha value is -2.43. The molecule has 1 aliphatic carbocycles. The fraction of sp³-hybridized carbons (Fsp3) is 0.500. The third kappa shape index (κ3) is 4.85. The third-order valence-corrected chi connectivity index (χ3v) is 5.35. The number of allylic oxidation sites excluding steroid dienone is 1. The van der Waals surface area contributed by atoms with Crippen molar-refractivity contribution in [2.24, 2.45) is 11.8 Å². The molecule has 2 fully saturated rings. The van der Waals surface area contributed by atoms with Gasteiger partial charge in [0.05, 0.1) is 12.0 Å². The first kappa shape index (κ1) is 19.3. The van der Waals surface area contributed by atoms with Crippen LogP contribution >= 0.6 is 0 Å². The van der Waals surface area contributed by atoms with E-state index in [0.29, 0.717) is 24.8 Å². The minimum absolute atomic E-state index is 0.0363. The van der Waals surface area contributed by atoms with Crippen molar-refractivity contribution >= 4 is 17.7 Å². The van der Waals surface area contributed by atoms with Gasteiger partial charge in [-0.15, -0.1) is 0 Å². The second-order valence-corrected chi connectivity index (χ2v) is 7.30. The van der Waals surface area contributed by atoms with Gasteiger partial charge in [0.25, 0.3) is 0 Å². The molecule has 0 bridgehead atoms. The van der Waals surface area contributed by atoms with Gasteiger partial charge in [-0.1, -0.05) is 44.0 Å². The van der Waals surface area contributed by atoms with Gasteiger partial charge in [-0.05, 0) is 24.6 Å². The summed E-state index contributed by atoms with van der Waals surface area (Å²) in [6.45, 7) is 2.10. The number of hydrogen-bond acceptors (Lipinski definition) is 5. The predicted octanol–water partition coefficient (Wildman–Crippen LogP) is 3.87. The van der Waals surface area contributed by atoms with Crippen LogP contribution in [-0.4, -0.2) is 29.9 Å². The average Bonchev–Trinajstić information content (AvgIpc) is 3.16.